The first kappa shape index (κ1) is 20.0. The number of likely N-dealkylation sites (tertiary alicyclic amines) is 1. The molecule has 162 valence electrons. The molecule has 0 radical (unpaired) electrons. The van der Waals surface area contributed by atoms with Crippen LogP contribution in [0.25, 0.3) is 0 Å². The van der Waals surface area contributed by atoms with E-state index in [1.807, 2.05) is 37.4 Å². The highest BCUT2D eigenvalue weighted by Gasteiger charge is 2.47. The Bertz CT molecular complexity index is 1040. The zero-order valence-electron chi connectivity index (χ0n) is 17.7. The summed E-state index contributed by atoms with van der Waals surface area (Å²) in [5, 5.41) is 3.00. The van der Waals surface area contributed by atoms with Crippen molar-refractivity contribution >= 4 is 5.91 Å². The van der Waals surface area contributed by atoms with Crippen LogP contribution in [0.1, 0.15) is 35.7 Å². The summed E-state index contributed by atoms with van der Waals surface area (Å²) in [5.41, 5.74) is 0.430. The first-order valence-electron chi connectivity index (χ1n) is 10.7. The lowest BCUT2D eigenvalue weighted by Gasteiger charge is -2.45. The summed E-state index contributed by atoms with van der Waals surface area (Å²) in [6, 6.07) is 7.84. The fraction of sp³-hybridized carbons (Fsp3) is 0.435. The van der Waals surface area contributed by atoms with Gasteiger partial charge in [-0.3, -0.25) is 14.7 Å². The lowest BCUT2D eigenvalue weighted by molar-refractivity contribution is -0.174. The number of hydrogen-bond donors (Lipinski definition) is 1. The fourth-order valence-corrected chi connectivity index (χ4v) is 4.54. The van der Waals surface area contributed by atoms with Crippen molar-refractivity contribution in [3.05, 3.63) is 72.0 Å². The van der Waals surface area contributed by atoms with Crippen molar-refractivity contribution < 1.29 is 13.9 Å². The van der Waals surface area contributed by atoms with E-state index in [1.165, 1.54) is 0 Å². The molecule has 31 heavy (non-hydrogen) atoms. The first-order valence-corrected chi connectivity index (χ1v) is 10.7. The fourth-order valence-electron chi connectivity index (χ4n) is 4.54. The molecule has 8 heteroatoms. The monoisotopic (exact) mass is 421 g/mol. The smallest absolute Gasteiger partial charge is 0.251 e. The van der Waals surface area contributed by atoms with E-state index in [1.54, 1.807) is 18.6 Å². The van der Waals surface area contributed by atoms with Gasteiger partial charge in [0.1, 0.15) is 22.9 Å². The number of imidazole rings is 1. The number of aryl methyl sites for hydroxylation is 1. The van der Waals surface area contributed by atoms with E-state index in [4.69, 9.17) is 9.15 Å². The number of pyridine rings is 1. The number of amides is 1. The number of ether oxygens (including phenoxy) is 1. The lowest BCUT2D eigenvalue weighted by Crippen LogP contribution is -2.53. The number of carbonyl (C=O) groups is 1. The third-order valence-corrected chi connectivity index (χ3v) is 6.17. The number of fused-ring (bicyclic) bond motifs is 2. The highest BCUT2D eigenvalue weighted by Crippen LogP contribution is 2.40. The minimum Gasteiger partial charge on any atom is -0.465 e. The Morgan fingerprint density at radius 3 is 2.87 bits per heavy atom. The van der Waals surface area contributed by atoms with Gasteiger partial charge in [-0.05, 0) is 43.5 Å². The molecule has 5 heterocycles. The summed E-state index contributed by atoms with van der Waals surface area (Å²) < 4.78 is 14.3. The van der Waals surface area contributed by atoms with Crippen molar-refractivity contribution in [1.29, 1.82) is 0 Å². The van der Waals surface area contributed by atoms with Gasteiger partial charge in [-0.2, -0.15) is 0 Å². The van der Waals surface area contributed by atoms with Gasteiger partial charge in [-0.25, -0.2) is 4.98 Å². The number of aromatic nitrogens is 3. The van der Waals surface area contributed by atoms with Crippen LogP contribution in [0.5, 0.6) is 0 Å². The molecule has 1 saturated heterocycles. The van der Waals surface area contributed by atoms with Gasteiger partial charge >= 0.3 is 0 Å². The molecular weight excluding hydrogens is 394 g/mol. The molecule has 2 aliphatic heterocycles. The Balaban J connectivity index is 1.26. The second kappa shape index (κ2) is 8.28. The van der Waals surface area contributed by atoms with Crippen LogP contribution >= 0.6 is 0 Å². The van der Waals surface area contributed by atoms with E-state index in [0.29, 0.717) is 13.1 Å². The highest BCUT2D eigenvalue weighted by atomic mass is 16.5. The standard InChI is InChI=1S/C23H27N5O3/c1-17-4-5-19(30-17)15-27-10-6-23(7-11-27)22-25-9-12-28(22)16-20(31-23)21(29)26-14-18-3-2-8-24-13-18/h2-5,8-9,12-13,20H,6-7,10-11,14-16H2,1H3,(H,26,29). The zero-order valence-corrected chi connectivity index (χ0v) is 17.7. The van der Waals surface area contributed by atoms with Crippen LogP contribution in [0.2, 0.25) is 0 Å². The molecule has 1 N–H and O–H groups in total. The molecule has 8 nitrogen and oxygen atoms in total. The van der Waals surface area contributed by atoms with Gasteiger partial charge in [-0.1, -0.05) is 6.07 Å². The quantitative estimate of drug-likeness (QED) is 0.681. The van der Waals surface area contributed by atoms with Gasteiger partial charge in [0.25, 0.3) is 5.91 Å². The van der Waals surface area contributed by atoms with Gasteiger partial charge in [0.15, 0.2) is 6.10 Å². The summed E-state index contributed by atoms with van der Waals surface area (Å²) in [4.78, 5) is 24.0. The number of hydrogen-bond acceptors (Lipinski definition) is 6. The van der Waals surface area contributed by atoms with Crippen LogP contribution in [0, 0.1) is 6.92 Å². The van der Waals surface area contributed by atoms with Crippen LogP contribution in [-0.2, 0) is 34.8 Å². The van der Waals surface area contributed by atoms with Crippen molar-refractivity contribution in [1.82, 2.24) is 24.8 Å². The van der Waals surface area contributed by atoms with Crippen molar-refractivity contribution in [3.8, 4) is 0 Å². The van der Waals surface area contributed by atoms with E-state index in [0.717, 1.165) is 55.4 Å². The van der Waals surface area contributed by atoms with Gasteiger partial charge in [-0.15, -0.1) is 0 Å². The zero-order chi connectivity index (χ0) is 21.3. The van der Waals surface area contributed by atoms with Crippen molar-refractivity contribution in [3.63, 3.8) is 0 Å². The number of furan rings is 1. The third-order valence-electron chi connectivity index (χ3n) is 6.17. The predicted molar refractivity (Wildman–Crippen MR) is 113 cm³/mol. The molecule has 0 aliphatic carbocycles. The topological polar surface area (TPSA) is 85.4 Å². The van der Waals surface area contributed by atoms with Crippen LogP contribution in [0.3, 0.4) is 0 Å². The Kier molecular flexibility index (Phi) is 5.33. The molecule has 1 fully saturated rings. The van der Waals surface area contributed by atoms with Gasteiger partial charge in [0.2, 0.25) is 0 Å². The van der Waals surface area contributed by atoms with Crippen LogP contribution in [0.4, 0.5) is 0 Å². The average Bonchev–Trinajstić information content (AvgIpc) is 3.44. The second-order valence-corrected chi connectivity index (χ2v) is 8.37. The maximum atomic E-state index is 12.9. The third kappa shape index (κ3) is 4.13. The average molecular weight is 422 g/mol. The number of carbonyl (C=O) groups excluding carboxylic acids is 1. The van der Waals surface area contributed by atoms with E-state index in [9.17, 15) is 4.79 Å². The molecular formula is C23H27N5O3. The summed E-state index contributed by atoms with van der Waals surface area (Å²) in [5.74, 6) is 2.74. The molecule has 1 amide bonds. The molecule has 5 rings (SSSR count). The minimum absolute atomic E-state index is 0.101. The molecule has 0 saturated carbocycles. The Hall–Kier alpha value is -2.97. The summed E-state index contributed by atoms with van der Waals surface area (Å²) in [7, 11) is 0. The normalized spacial score (nSPS) is 20.5. The van der Waals surface area contributed by atoms with Crippen LogP contribution < -0.4 is 5.32 Å². The Morgan fingerprint density at radius 1 is 1.26 bits per heavy atom. The summed E-state index contributed by atoms with van der Waals surface area (Å²) in [6.07, 6.45) is 8.25. The van der Waals surface area contributed by atoms with Crippen LogP contribution in [-0.4, -0.2) is 44.5 Å². The van der Waals surface area contributed by atoms with E-state index < -0.39 is 11.7 Å². The number of rotatable bonds is 5. The summed E-state index contributed by atoms with van der Waals surface area (Å²) in [6.45, 7) is 5.38. The van der Waals surface area contributed by atoms with Crippen molar-refractivity contribution in [2.75, 3.05) is 13.1 Å². The van der Waals surface area contributed by atoms with Crippen molar-refractivity contribution in [2.24, 2.45) is 0 Å². The SMILES string of the molecule is Cc1ccc(CN2CCC3(CC2)OC(C(=O)NCc2cccnc2)Cn2ccnc23)o1. The van der Waals surface area contributed by atoms with Crippen molar-refractivity contribution in [2.45, 2.75) is 51.1 Å². The maximum Gasteiger partial charge on any atom is 0.251 e. The predicted octanol–water partition coefficient (Wildman–Crippen LogP) is 2.39. The largest absolute Gasteiger partial charge is 0.465 e. The molecule has 1 unspecified atom stereocenters. The van der Waals surface area contributed by atoms with E-state index >= 15 is 0 Å². The number of piperidine rings is 1. The number of nitrogens with one attached hydrogen (secondary N) is 1. The Morgan fingerprint density at radius 2 is 2.13 bits per heavy atom. The molecule has 0 bridgehead atoms. The molecule has 3 aromatic rings. The Labute approximate surface area is 181 Å². The molecule has 1 spiro atoms. The lowest BCUT2D eigenvalue weighted by atomic mass is 9.88. The van der Waals surface area contributed by atoms with E-state index in [2.05, 4.69) is 24.8 Å². The molecule has 2 aliphatic rings. The van der Waals surface area contributed by atoms with E-state index in [-0.39, 0.29) is 5.91 Å². The second-order valence-electron chi connectivity index (χ2n) is 8.37. The summed E-state index contributed by atoms with van der Waals surface area (Å²) >= 11 is 0. The van der Waals surface area contributed by atoms with Gasteiger partial charge < -0.3 is 19.0 Å². The van der Waals surface area contributed by atoms with Crippen LogP contribution in [0.15, 0.2) is 53.5 Å². The first-order chi connectivity index (χ1) is 15.1. The highest BCUT2D eigenvalue weighted by molar-refractivity contribution is 5.80. The number of nitrogens with zero attached hydrogens (tertiary/aromatic N) is 4. The molecule has 0 aromatic carbocycles. The molecule has 1 atom stereocenters. The molecule has 3 aromatic heterocycles. The van der Waals surface area contributed by atoms with Gasteiger partial charge in [0, 0.05) is 44.4 Å². The minimum atomic E-state index is -0.544. The van der Waals surface area contributed by atoms with Gasteiger partial charge in [0.05, 0.1) is 13.1 Å². The maximum absolute atomic E-state index is 12.9.